The molecule has 0 spiro atoms. The number of amides is 1. The summed E-state index contributed by atoms with van der Waals surface area (Å²) in [5.74, 6) is -0.238. The second-order valence-electron chi connectivity index (χ2n) is 8.39. The number of fused-ring (bicyclic) bond motifs is 1. The van der Waals surface area contributed by atoms with Crippen molar-refractivity contribution in [3.8, 4) is 0 Å². The van der Waals surface area contributed by atoms with E-state index in [1.165, 1.54) is 0 Å². The number of aliphatic hydroxyl groups is 1. The quantitative estimate of drug-likeness (QED) is 0.463. The van der Waals surface area contributed by atoms with Crippen molar-refractivity contribution >= 4 is 29.1 Å². The smallest absolute Gasteiger partial charge is 0.257 e. The number of pyridine rings is 1. The van der Waals surface area contributed by atoms with Crippen LogP contribution in [-0.2, 0) is 27.3 Å². The number of halogens is 2. The van der Waals surface area contributed by atoms with Gasteiger partial charge in [-0.15, -0.1) is 0 Å². The predicted molar refractivity (Wildman–Crippen MR) is 131 cm³/mol. The van der Waals surface area contributed by atoms with Crippen LogP contribution in [0.3, 0.4) is 0 Å². The zero-order valence-electron chi connectivity index (χ0n) is 19.2. The molecule has 3 aromatic rings. The first-order valence-electron chi connectivity index (χ1n) is 10.9. The summed E-state index contributed by atoms with van der Waals surface area (Å²) in [7, 11) is 1.57. The summed E-state index contributed by atoms with van der Waals surface area (Å²) in [6, 6.07) is 16.1. The van der Waals surface area contributed by atoms with Crippen LogP contribution in [0.25, 0.3) is 0 Å². The summed E-state index contributed by atoms with van der Waals surface area (Å²) < 4.78 is 11.6. The number of nitrogens with zero attached hydrogens (tertiary/aromatic N) is 2. The van der Waals surface area contributed by atoms with Gasteiger partial charge in [-0.3, -0.25) is 14.7 Å². The molecule has 0 saturated heterocycles. The third-order valence-electron chi connectivity index (χ3n) is 6.09. The summed E-state index contributed by atoms with van der Waals surface area (Å²) in [6.45, 7) is 4.31. The highest BCUT2D eigenvalue weighted by atomic mass is 35.5. The number of hydrogen-bond acceptors (Lipinski definition) is 5. The molecule has 1 aromatic heterocycles. The Labute approximate surface area is 209 Å². The lowest BCUT2D eigenvalue weighted by Crippen LogP contribution is -2.45. The van der Waals surface area contributed by atoms with Crippen molar-refractivity contribution in [2.24, 2.45) is 0 Å². The van der Waals surface area contributed by atoms with Gasteiger partial charge in [-0.25, -0.2) is 0 Å². The monoisotopic (exact) mass is 500 g/mol. The largest absolute Gasteiger partial charge is 0.383 e. The minimum Gasteiger partial charge on any atom is -0.383 e. The molecule has 1 aliphatic rings. The van der Waals surface area contributed by atoms with Crippen molar-refractivity contribution in [1.82, 2.24) is 9.88 Å². The Morgan fingerprint density at radius 3 is 2.41 bits per heavy atom. The Bertz CT molecular complexity index is 1180. The van der Waals surface area contributed by atoms with E-state index >= 15 is 0 Å². The van der Waals surface area contributed by atoms with E-state index in [0.717, 1.165) is 5.56 Å². The number of carbonyl (C=O) groups excluding carboxylic acids is 1. The molecule has 1 N–H and O–H groups in total. The van der Waals surface area contributed by atoms with Crippen LogP contribution >= 0.6 is 23.2 Å². The molecule has 0 bridgehead atoms. The molecule has 2 aromatic carbocycles. The molecule has 8 heteroatoms. The van der Waals surface area contributed by atoms with Crippen molar-refractivity contribution in [3.05, 3.63) is 98.8 Å². The number of hydrogen-bond donors (Lipinski definition) is 1. The van der Waals surface area contributed by atoms with E-state index in [-0.39, 0.29) is 19.1 Å². The normalized spacial score (nSPS) is 19.2. The lowest BCUT2D eigenvalue weighted by molar-refractivity contribution is -0.0868. The van der Waals surface area contributed by atoms with Gasteiger partial charge in [-0.05, 0) is 49.7 Å². The number of ether oxygens (including phenoxy) is 2. The minimum absolute atomic E-state index is 0.113. The first kappa shape index (κ1) is 24.6. The molecule has 2 atom stereocenters. The molecule has 178 valence electrons. The Morgan fingerprint density at radius 2 is 1.79 bits per heavy atom. The van der Waals surface area contributed by atoms with E-state index in [9.17, 15) is 9.90 Å². The average Bonchev–Trinajstić information content (AvgIpc) is 3.07. The lowest BCUT2D eigenvalue weighted by atomic mass is 9.89. The van der Waals surface area contributed by atoms with Crippen LogP contribution in [0.1, 0.15) is 46.6 Å². The van der Waals surface area contributed by atoms with Gasteiger partial charge in [-0.2, -0.15) is 0 Å². The third kappa shape index (κ3) is 4.32. The van der Waals surface area contributed by atoms with Gasteiger partial charge < -0.3 is 14.6 Å². The lowest BCUT2D eigenvalue weighted by Gasteiger charge is -2.38. The van der Waals surface area contributed by atoms with Crippen molar-refractivity contribution in [3.63, 3.8) is 0 Å². The maximum Gasteiger partial charge on any atom is 0.257 e. The standard InChI is InChI=1S/C26H26Cl2N2O4/c1-4-34-16-25(2,32)18-7-12-23-22(13-18)24(31)30(15-21-11-10-20(28)14-29-21)26(23,33-3)17-5-8-19(27)9-6-17/h5-14,32H,4,15-16H2,1-3H3/t25?,26-/m1/s1. The van der Waals surface area contributed by atoms with Gasteiger partial charge in [0.1, 0.15) is 5.60 Å². The van der Waals surface area contributed by atoms with E-state index in [2.05, 4.69) is 4.98 Å². The molecular formula is C26H26Cl2N2O4. The summed E-state index contributed by atoms with van der Waals surface area (Å²) in [4.78, 5) is 19.8. The van der Waals surface area contributed by atoms with Gasteiger partial charge in [0, 0.05) is 41.6 Å². The maximum absolute atomic E-state index is 13.8. The first-order valence-corrected chi connectivity index (χ1v) is 11.7. The van der Waals surface area contributed by atoms with Crippen molar-refractivity contribution in [2.75, 3.05) is 20.3 Å². The number of rotatable bonds is 8. The van der Waals surface area contributed by atoms with Crippen LogP contribution in [0.15, 0.2) is 60.8 Å². The zero-order valence-corrected chi connectivity index (χ0v) is 20.7. The second kappa shape index (κ2) is 9.64. The van der Waals surface area contributed by atoms with E-state index in [4.69, 9.17) is 32.7 Å². The van der Waals surface area contributed by atoms with Crippen LogP contribution in [0.2, 0.25) is 10.0 Å². The van der Waals surface area contributed by atoms with E-state index < -0.39 is 11.3 Å². The van der Waals surface area contributed by atoms with E-state index in [1.807, 2.05) is 25.1 Å². The average molecular weight is 501 g/mol. The molecule has 2 heterocycles. The third-order valence-corrected chi connectivity index (χ3v) is 6.56. The molecule has 0 saturated carbocycles. The molecule has 6 nitrogen and oxygen atoms in total. The Hall–Kier alpha value is -2.48. The fourth-order valence-electron chi connectivity index (χ4n) is 4.34. The van der Waals surface area contributed by atoms with E-state index in [0.29, 0.717) is 39.0 Å². The summed E-state index contributed by atoms with van der Waals surface area (Å²) in [5, 5.41) is 12.1. The van der Waals surface area contributed by atoms with Gasteiger partial charge in [-0.1, -0.05) is 47.5 Å². The van der Waals surface area contributed by atoms with Crippen LogP contribution in [0, 0.1) is 0 Å². The Balaban J connectivity index is 1.86. The zero-order chi connectivity index (χ0) is 24.5. The maximum atomic E-state index is 13.8. The highest BCUT2D eigenvalue weighted by molar-refractivity contribution is 6.30. The van der Waals surface area contributed by atoms with Gasteiger partial charge in [0.25, 0.3) is 5.91 Å². The summed E-state index contributed by atoms with van der Waals surface area (Å²) in [5.41, 5.74) is 0.640. The molecule has 1 aliphatic heterocycles. The highest BCUT2D eigenvalue weighted by Gasteiger charge is 2.52. The highest BCUT2D eigenvalue weighted by Crippen LogP contribution is 2.46. The van der Waals surface area contributed by atoms with Crippen molar-refractivity contribution in [1.29, 1.82) is 0 Å². The minimum atomic E-state index is -1.26. The Kier molecular flexibility index (Phi) is 6.99. The fourth-order valence-corrected chi connectivity index (χ4v) is 4.58. The van der Waals surface area contributed by atoms with Gasteiger partial charge >= 0.3 is 0 Å². The predicted octanol–water partition coefficient (Wildman–Crippen LogP) is 5.14. The molecular weight excluding hydrogens is 475 g/mol. The van der Waals surface area contributed by atoms with Crippen LogP contribution in [-0.4, -0.2) is 41.2 Å². The molecule has 1 amide bonds. The fraction of sp³-hybridized carbons (Fsp3) is 0.308. The molecule has 0 radical (unpaired) electrons. The molecule has 34 heavy (non-hydrogen) atoms. The topological polar surface area (TPSA) is 71.9 Å². The van der Waals surface area contributed by atoms with Crippen molar-refractivity contribution in [2.45, 2.75) is 31.7 Å². The molecule has 1 unspecified atom stereocenters. The number of aromatic nitrogens is 1. The summed E-state index contributed by atoms with van der Waals surface area (Å²) in [6.07, 6.45) is 1.55. The Morgan fingerprint density at radius 1 is 1.09 bits per heavy atom. The SMILES string of the molecule is CCOCC(C)(O)c1ccc2c(c1)C(=O)N(Cc1ccc(Cl)cn1)[C@@]2(OC)c1ccc(Cl)cc1. The van der Waals surface area contributed by atoms with Gasteiger partial charge in [0.15, 0.2) is 5.72 Å². The number of methoxy groups -OCH3 is 1. The van der Waals surface area contributed by atoms with Crippen LogP contribution in [0.4, 0.5) is 0 Å². The first-order chi connectivity index (χ1) is 16.2. The van der Waals surface area contributed by atoms with Gasteiger partial charge in [0.05, 0.1) is 23.9 Å². The summed E-state index contributed by atoms with van der Waals surface area (Å²) >= 11 is 12.2. The van der Waals surface area contributed by atoms with Crippen LogP contribution < -0.4 is 0 Å². The van der Waals surface area contributed by atoms with E-state index in [1.54, 1.807) is 61.5 Å². The molecule has 0 aliphatic carbocycles. The van der Waals surface area contributed by atoms with Crippen molar-refractivity contribution < 1.29 is 19.4 Å². The number of benzene rings is 2. The number of carbonyl (C=O) groups is 1. The molecule has 0 fully saturated rings. The molecule has 4 rings (SSSR count). The van der Waals surface area contributed by atoms with Gasteiger partial charge in [0.2, 0.25) is 0 Å². The second-order valence-corrected chi connectivity index (χ2v) is 9.26. The van der Waals surface area contributed by atoms with Crippen LogP contribution in [0.5, 0.6) is 0 Å².